The highest BCUT2D eigenvalue weighted by molar-refractivity contribution is 7.19. The first-order valence-electron chi connectivity index (χ1n) is 12.3. The number of morpholine rings is 1. The fourth-order valence-corrected chi connectivity index (χ4v) is 6.98. The van der Waals surface area contributed by atoms with Crippen molar-refractivity contribution in [2.24, 2.45) is 7.05 Å². The summed E-state index contributed by atoms with van der Waals surface area (Å²) in [5.74, 6) is 1.67. The Labute approximate surface area is 198 Å². The summed E-state index contributed by atoms with van der Waals surface area (Å²) in [6.07, 6.45) is 10.4. The second-order valence-corrected chi connectivity index (χ2v) is 10.7. The molecule has 0 bridgehead atoms. The summed E-state index contributed by atoms with van der Waals surface area (Å²) in [6.45, 7) is 5.93. The lowest BCUT2D eigenvalue weighted by Crippen LogP contribution is -2.46. The molecule has 2 aliphatic carbocycles. The molecule has 8 nitrogen and oxygen atoms in total. The third-order valence-electron chi connectivity index (χ3n) is 7.42. The number of hydrogen-bond donors (Lipinski definition) is 2. The zero-order chi connectivity index (χ0) is 22.4. The van der Waals surface area contributed by atoms with Gasteiger partial charge in [-0.1, -0.05) is 0 Å². The van der Waals surface area contributed by atoms with Gasteiger partial charge in [0.2, 0.25) is 5.95 Å². The first-order chi connectivity index (χ1) is 16.1. The van der Waals surface area contributed by atoms with Crippen molar-refractivity contribution in [3.63, 3.8) is 0 Å². The van der Waals surface area contributed by atoms with Crippen LogP contribution in [0.25, 0.3) is 10.2 Å². The molecule has 0 spiro atoms. The van der Waals surface area contributed by atoms with Gasteiger partial charge in [0.25, 0.3) is 0 Å². The molecular formula is C24H33N7OS. The number of rotatable bonds is 5. The number of ether oxygens (including phenoxy) is 1. The van der Waals surface area contributed by atoms with Gasteiger partial charge in [0.05, 0.1) is 30.0 Å². The lowest BCUT2D eigenvalue weighted by atomic mass is 9.90. The number of aryl methyl sites for hydroxylation is 4. The third-order valence-corrected chi connectivity index (χ3v) is 8.61. The van der Waals surface area contributed by atoms with Gasteiger partial charge in [-0.3, -0.25) is 9.58 Å². The molecule has 4 heterocycles. The molecule has 1 saturated carbocycles. The molecule has 9 heteroatoms. The van der Waals surface area contributed by atoms with Gasteiger partial charge in [0.1, 0.15) is 10.6 Å². The lowest BCUT2D eigenvalue weighted by Gasteiger charge is -2.39. The van der Waals surface area contributed by atoms with Gasteiger partial charge < -0.3 is 15.4 Å². The molecule has 1 aliphatic heterocycles. The van der Waals surface area contributed by atoms with E-state index in [1.54, 1.807) is 0 Å². The summed E-state index contributed by atoms with van der Waals surface area (Å²) in [7, 11) is 1.94. The van der Waals surface area contributed by atoms with Crippen LogP contribution in [0.4, 0.5) is 17.5 Å². The number of fused-ring (bicyclic) bond motifs is 3. The van der Waals surface area contributed by atoms with Crippen LogP contribution in [0.15, 0.2) is 6.20 Å². The average molecular weight is 468 g/mol. The number of nitrogens with zero attached hydrogens (tertiary/aromatic N) is 5. The number of hydrogen-bond acceptors (Lipinski definition) is 8. The van der Waals surface area contributed by atoms with E-state index in [-0.39, 0.29) is 0 Å². The molecule has 0 aromatic carbocycles. The topological polar surface area (TPSA) is 80.1 Å². The zero-order valence-corrected chi connectivity index (χ0v) is 20.4. The van der Waals surface area contributed by atoms with Crippen LogP contribution in [0.1, 0.15) is 48.2 Å². The molecule has 2 fully saturated rings. The first kappa shape index (κ1) is 21.3. The molecule has 33 heavy (non-hydrogen) atoms. The number of thiophene rings is 1. The Morgan fingerprint density at radius 2 is 1.91 bits per heavy atom. The van der Waals surface area contributed by atoms with Gasteiger partial charge >= 0.3 is 0 Å². The quantitative estimate of drug-likeness (QED) is 0.587. The van der Waals surface area contributed by atoms with E-state index in [0.29, 0.717) is 18.0 Å². The molecule has 2 N–H and O–H groups in total. The average Bonchev–Trinajstić information content (AvgIpc) is 3.49. The largest absolute Gasteiger partial charge is 0.379 e. The van der Waals surface area contributed by atoms with Crippen LogP contribution < -0.4 is 10.6 Å². The highest BCUT2D eigenvalue weighted by Crippen LogP contribution is 2.41. The van der Waals surface area contributed by atoms with Crippen LogP contribution in [0.5, 0.6) is 0 Å². The molecule has 3 aromatic heterocycles. The Bertz CT molecular complexity index is 1140. The Morgan fingerprint density at radius 1 is 1.09 bits per heavy atom. The number of nitrogens with one attached hydrogen (secondary N) is 2. The monoisotopic (exact) mass is 467 g/mol. The van der Waals surface area contributed by atoms with Crippen LogP contribution in [0.3, 0.4) is 0 Å². The summed E-state index contributed by atoms with van der Waals surface area (Å²) in [4.78, 5) is 15.1. The van der Waals surface area contributed by atoms with Crippen molar-refractivity contribution in [3.05, 3.63) is 22.3 Å². The highest BCUT2D eigenvalue weighted by Gasteiger charge is 2.29. The van der Waals surface area contributed by atoms with Crippen LogP contribution in [0, 0.1) is 6.92 Å². The van der Waals surface area contributed by atoms with Gasteiger partial charge in [-0.05, 0) is 57.4 Å². The van der Waals surface area contributed by atoms with E-state index < -0.39 is 0 Å². The molecule has 3 aliphatic rings. The van der Waals surface area contributed by atoms with E-state index in [1.807, 2.05) is 36.2 Å². The Balaban J connectivity index is 1.24. The van der Waals surface area contributed by atoms with E-state index in [0.717, 1.165) is 54.8 Å². The van der Waals surface area contributed by atoms with Gasteiger partial charge in [-0.25, -0.2) is 4.98 Å². The normalized spacial score (nSPS) is 23.7. The van der Waals surface area contributed by atoms with E-state index >= 15 is 0 Å². The molecule has 6 rings (SSSR count). The second kappa shape index (κ2) is 8.85. The maximum Gasteiger partial charge on any atom is 0.230 e. The Kier molecular flexibility index (Phi) is 5.72. The maximum absolute atomic E-state index is 5.54. The van der Waals surface area contributed by atoms with Crippen LogP contribution in [-0.4, -0.2) is 63.0 Å². The summed E-state index contributed by atoms with van der Waals surface area (Å²) in [6, 6.07) is 1.17. The van der Waals surface area contributed by atoms with Crippen molar-refractivity contribution in [2.45, 2.75) is 64.0 Å². The molecule has 3 aromatic rings. The van der Waals surface area contributed by atoms with Crippen molar-refractivity contribution >= 4 is 39.0 Å². The molecule has 1 saturated heterocycles. The fraction of sp³-hybridized carbons (Fsp3) is 0.625. The molecule has 0 amide bonds. The molecule has 176 valence electrons. The van der Waals surface area contributed by atoms with Crippen molar-refractivity contribution < 1.29 is 4.74 Å². The summed E-state index contributed by atoms with van der Waals surface area (Å²) < 4.78 is 7.37. The number of anilines is 3. The van der Waals surface area contributed by atoms with E-state index in [4.69, 9.17) is 14.7 Å². The maximum atomic E-state index is 5.54. The SMILES string of the molecule is Cc1nn(C)cc1Nc1nc(N[C@H]2CC[C@H](N3CCOCC3)CC2)c2c3c(sc2n1)CCC3. The molecule has 0 unspecified atom stereocenters. The van der Waals surface area contributed by atoms with E-state index in [2.05, 4.69) is 20.6 Å². The van der Waals surface area contributed by atoms with Gasteiger partial charge in [0.15, 0.2) is 0 Å². The minimum absolute atomic E-state index is 0.463. The smallest absolute Gasteiger partial charge is 0.230 e. The predicted molar refractivity (Wildman–Crippen MR) is 133 cm³/mol. The molecule has 0 radical (unpaired) electrons. The number of aromatic nitrogens is 4. The van der Waals surface area contributed by atoms with Gasteiger partial charge in [-0.15, -0.1) is 11.3 Å². The van der Waals surface area contributed by atoms with Crippen LogP contribution in [-0.2, 0) is 24.6 Å². The second-order valence-electron chi connectivity index (χ2n) is 9.66. The zero-order valence-electron chi connectivity index (χ0n) is 19.6. The van der Waals surface area contributed by atoms with Crippen molar-refractivity contribution in [1.29, 1.82) is 0 Å². The third kappa shape index (κ3) is 4.22. The minimum atomic E-state index is 0.463. The van der Waals surface area contributed by atoms with Crippen molar-refractivity contribution in [1.82, 2.24) is 24.6 Å². The summed E-state index contributed by atoms with van der Waals surface area (Å²) in [5, 5.41) is 13.0. The molecule has 0 atom stereocenters. The van der Waals surface area contributed by atoms with E-state index in [1.165, 1.54) is 54.4 Å². The first-order valence-corrected chi connectivity index (χ1v) is 13.1. The van der Waals surface area contributed by atoms with Crippen LogP contribution >= 0.6 is 11.3 Å². The standard InChI is InChI=1S/C24H33N7OS/c1-15-19(14-30(2)29-15)26-24-27-22(21-18-4-3-5-20(18)33-23(21)28-24)25-16-6-8-17(9-7-16)31-10-12-32-13-11-31/h14,16-17H,3-13H2,1-2H3,(H2,25,26,27,28)/t16-,17-. The highest BCUT2D eigenvalue weighted by atomic mass is 32.1. The summed E-state index contributed by atoms with van der Waals surface area (Å²) in [5.41, 5.74) is 3.38. The fourth-order valence-electron chi connectivity index (χ4n) is 5.72. The van der Waals surface area contributed by atoms with Gasteiger partial charge in [0, 0.05) is 43.3 Å². The summed E-state index contributed by atoms with van der Waals surface area (Å²) >= 11 is 1.85. The van der Waals surface area contributed by atoms with E-state index in [9.17, 15) is 0 Å². The Hall–Kier alpha value is -2.23. The minimum Gasteiger partial charge on any atom is -0.379 e. The van der Waals surface area contributed by atoms with Crippen LogP contribution in [0.2, 0.25) is 0 Å². The van der Waals surface area contributed by atoms with Crippen molar-refractivity contribution in [3.8, 4) is 0 Å². The lowest BCUT2D eigenvalue weighted by molar-refractivity contribution is 0.00791. The predicted octanol–water partition coefficient (Wildman–Crippen LogP) is 4.02. The molecular weight excluding hydrogens is 434 g/mol. The van der Waals surface area contributed by atoms with Gasteiger partial charge in [-0.2, -0.15) is 10.1 Å². The Morgan fingerprint density at radius 3 is 2.67 bits per heavy atom. The van der Waals surface area contributed by atoms with Crippen molar-refractivity contribution in [2.75, 3.05) is 36.9 Å².